The van der Waals surface area contributed by atoms with E-state index in [1.165, 1.54) is 0 Å². The Balaban J connectivity index is 2.18. The maximum absolute atomic E-state index is 12.2. The van der Waals surface area contributed by atoms with Gasteiger partial charge in [-0.1, -0.05) is 6.92 Å². The molecule has 0 bridgehead atoms. The van der Waals surface area contributed by atoms with E-state index in [2.05, 4.69) is 15.3 Å². The van der Waals surface area contributed by atoms with Gasteiger partial charge < -0.3 is 15.4 Å². The van der Waals surface area contributed by atoms with Gasteiger partial charge in [-0.15, -0.1) is 0 Å². The van der Waals surface area contributed by atoms with E-state index < -0.39 is 23.5 Å². The molecule has 0 saturated heterocycles. The Morgan fingerprint density at radius 1 is 1.48 bits per heavy atom. The van der Waals surface area contributed by atoms with Gasteiger partial charge in [0.25, 0.3) is 11.5 Å². The summed E-state index contributed by atoms with van der Waals surface area (Å²) in [7, 11) is 0. The molecule has 0 aliphatic heterocycles. The SMILES string of the molecule is CCC(CC(=O)O)NC(=O)c1c(C)nc(C2CC2)[nH]c1=O. The van der Waals surface area contributed by atoms with Crippen molar-refractivity contribution in [3.8, 4) is 0 Å². The number of carboxylic acids is 1. The molecule has 1 aromatic heterocycles. The molecule has 1 unspecified atom stereocenters. The maximum Gasteiger partial charge on any atom is 0.305 e. The van der Waals surface area contributed by atoms with Gasteiger partial charge in [0.2, 0.25) is 0 Å². The number of H-pyrrole nitrogens is 1. The second-order valence-corrected chi connectivity index (χ2v) is 5.36. The van der Waals surface area contributed by atoms with E-state index in [1.54, 1.807) is 13.8 Å². The number of nitrogens with zero attached hydrogens (tertiary/aromatic N) is 1. The van der Waals surface area contributed by atoms with Gasteiger partial charge in [-0.3, -0.25) is 14.4 Å². The molecule has 1 atom stereocenters. The highest BCUT2D eigenvalue weighted by atomic mass is 16.4. The molecule has 1 aliphatic rings. The summed E-state index contributed by atoms with van der Waals surface area (Å²) in [6.07, 6.45) is 2.31. The normalized spacial score (nSPS) is 15.5. The molecule has 0 radical (unpaired) electrons. The van der Waals surface area contributed by atoms with Crippen LogP contribution in [0.1, 0.15) is 60.4 Å². The molecule has 1 fully saturated rings. The summed E-state index contributed by atoms with van der Waals surface area (Å²) >= 11 is 0. The van der Waals surface area contributed by atoms with E-state index in [4.69, 9.17) is 5.11 Å². The van der Waals surface area contributed by atoms with Crippen LogP contribution in [-0.4, -0.2) is 33.0 Å². The zero-order chi connectivity index (χ0) is 15.6. The lowest BCUT2D eigenvalue weighted by Crippen LogP contribution is -2.39. The summed E-state index contributed by atoms with van der Waals surface area (Å²) in [5.41, 5.74) is -0.126. The first-order valence-corrected chi connectivity index (χ1v) is 7.05. The summed E-state index contributed by atoms with van der Waals surface area (Å²) in [6, 6.07) is -0.503. The van der Waals surface area contributed by atoms with Crippen LogP contribution < -0.4 is 10.9 Å². The number of carbonyl (C=O) groups is 2. The zero-order valence-electron chi connectivity index (χ0n) is 12.1. The molecular formula is C14H19N3O4. The van der Waals surface area contributed by atoms with Crippen LogP contribution in [0.15, 0.2) is 4.79 Å². The highest BCUT2D eigenvalue weighted by Gasteiger charge is 2.28. The molecule has 2 rings (SSSR count). The molecule has 1 saturated carbocycles. The number of amides is 1. The second kappa shape index (κ2) is 6.07. The fraction of sp³-hybridized carbons (Fsp3) is 0.571. The van der Waals surface area contributed by atoms with Crippen LogP contribution in [0.5, 0.6) is 0 Å². The number of carbonyl (C=O) groups excluding carboxylic acids is 1. The van der Waals surface area contributed by atoms with Crippen molar-refractivity contribution < 1.29 is 14.7 Å². The van der Waals surface area contributed by atoms with Crippen LogP contribution in [0.4, 0.5) is 0 Å². The summed E-state index contributed by atoms with van der Waals surface area (Å²) in [6.45, 7) is 3.40. The van der Waals surface area contributed by atoms with E-state index in [0.717, 1.165) is 12.8 Å². The Labute approximate surface area is 121 Å². The van der Waals surface area contributed by atoms with Crippen LogP contribution in [0.2, 0.25) is 0 Å². The Bertz CT molecular complexity index is 619. The summed E-state index contributed by atoms with van der Waals surface area (Å²) < 4.78 is 0. The van der Waals surface area contributed by atoms with Crippen molar-refractivity contribution in [3.05, 3.63) is 27.4 Å². The van der Waals surface area contributed by atoms with Crippen molar-refractivity contribution in [3.63, 3.8) is 0 Å². The lowest BCUT2D eigenvalue weighted by atomic mass is 10.1. The van der Waals surface area contributed by atoms with Gasteiger partial charge in [-0.25, -0.2) is 4.98 Å². The Kier molecular flexibility index (Phi) is 4.40. The molecule has 3 N–H and O–H groups in total. The molecule has 7 nitrogen and oxygen atoms in total. The van der Waals surface area contributed by atoms with Crippen LogP contribution in [0.25, 0.3) is 0 Å². The van der Waals surface area contributed by atoms with Gasteiger partial charge in [-0.05, 0) is 26.2 Å². The third kappa shape index (κ3) is 3.68. The third-order valence-corrected chi connectivity index (χ3v) is 3.56. The Morgan fingerprint density at radius 3 is 2.62 bits per heavy atom. The first kappa shape index (κ1) is 15.2. The predicted molar refractivity (Wildman–Crippen MR) is 75.4 cm³/mol. The third-order valence-electron chi connectivity index (χ3n) is 3.56. The number of aryl methyl sites for hydroxylation is 1. The summed E-state index contributed by atoms with van der Waals surface area (Å²) in [5.74, 6) is -0.637. The van der Waals surface area contributed by atoms with Crippen LogP contribution in [0, 0.1) is 6.92 Å². The minimum absolute atomic E-state index is 0.0387. The molecule has 1 heterocycles. The Hall–Kier alpha value is -2.18. The van der Waals surface area contributed by atoms with E-state index in [-0.39, 0.29) is 12.0 Å². The monoisotopic (exact) mass is 293 g/mol. The quantitative estimate of drug-likeness (QED) is 0.722. The molecule has 0 spiro atoms. The second-order valence-electron chi connectivity index (χ2n) is 5.36. The van der Waals surface area contributed by atoms with E-state index >= 15 is 0 Å². The van der Waals surface area contributed by atoms with Crippen LogP contribution in [-0.2, 0) is 4.79 Å². The standard InChI is InChI=1S/C14H19N3O4/c1-3-9(6-10(18)19)16-13(20)11-7(2)15-12(8-4-5-8)17-14(11)21/h8-9H,3-6H2,1-2H3,(H,16,20)(H,18,19)(H,15,17,21). The number of nitrogens with one attached hydrogen (secondary N) is 2. The van der Waals surface area contributed by atoms with Gasteiger partial charge in [0.15, 0.2) is 0 Å². The largest absolute Gasteiger partial charge is 0.481 e. The number of aromatic amines is 1. The van der Waals surface area contributed by atoms with Crippen molar-refractivity contribution in [2.45, 2.75) is 51.5 Å². The van der Waals surface area contributed by atoms with Gasteiger partial charge in [0.1, 0.15) is 11.4 Å². The lowest BCUT2D eigenvalue weighted by molar-refractivity contribution is -0.137. The molecule has 1 aliphatic carbocycles. The van der Waals surface area contributed by atoms with E-state index in [9.17, 15) is 14.4 Å². The summed E-state index contributed by atoms with van der Waals surface area (Å²) in [5, 5.41) is 11.4. The molecule has 0 aromatic carbocycles. The number of rotatable bonds is 6. The number of hydrogen-bond acceptors (Lipinski definition) is 4. The minimum Gasteiger partial charge on any atom is -0.481 e. The van der Waals surface area contributed by atoms with Crippen LogP contribution in [0.3, 0.4) is 0 Å². The number of hydrogen-bond donors (Lipinski definition) is 3. The average Bonchev–Trinajstić information content (AvgIpc) is 3.20. The fourth-order valence-electron chi connectivity index (χ4n) is 2.19. The zero-order valence-corrected chi connectivity index (χ0v) is 12.1. The van der Waals surface area contributed by atoms with Gasteiger partial charge in [-0.2, -0.15) is 0 Å². The minimum atomic E-state index is -0.991. The highest BCUT2D eigenvalue weighted by molar-refractivity contribution is 5.95. The lowest BCUT2D eigenvalue weighted by Gasteiger charge is -2.15. The van der Waals surface area contributed by atoms with Crippen LogP contribution >= 0.6 is 0 Å². The molecular weight excluding hydrogens is 274 g/mol. The molecule has 1 aromatic rings. The van der Waals surface area contributed by atoms with Gasteiger partial charge in [0.05, 0.1) is 12.1 Å². The van der Waals surface area contributed by atoms with Gasteiger partial charge >= 0.3 is 5.97 Å². The first-order valence-electron chi connectivity index (χ1n) is 7.05. The first-order chi connectivity index (χ1) is 9.92. The highest BCUT2D eigenvalue weighted by Crippen LogP contribution is 2.37. The molecule has 1 amide bonds. The summed E-state index contributed by atoms with van der Waals surface area (Å²) in [4.78, 5) is 41.9. The smallest absolute Gasteiger partial charge is 0.305 e. The van der Waals surface area contributed by atoms with Gasteiger partial charge in [0, 0.05) is 12.0 Å². The number of aromatic nitrogens is 2. The topological polar surface area (TPSA) is 112 Å². The molecule has 7 heteroatoms. The Morgan fingerprint density at radius 2 is 2.14 bits per heavy atom. The van der Waals surface area contributed by atoms with E-state index in [0.29, 0.717) is 23.9 Å². The van der Waals surface area contributed by atoms with Crippen molar-refractivity contribution in [1.82, 2.24) is 15.3 Å². The number of carboxylic acid groups (broad SMARTS) is 1. The average molecular weight is 293 g/mol. The molecule has 21 heavy (non-hydrogen) atoms. The predicted octanol–water partition coefficient (Wildman–Crippen LogP) is 0.939. The van der Waals surface area contributed by atoms with Crippen molar-refractivity contribution >= 4 is 11.9 Å². The van der Waals surface area contributed by atoms with Crippen molar-refractivity contribution in [2.75, 3.05) is 0 Å². The van der Waals surface area contributed by atoms with Crippen molar-refractivity contribution in [1.29, 1.82) is 0 Å². The fourth-order valence-corrected chi connectivity index (χ4v) is 2.19. The number of aliphatic carboxylic acids is 1. The van der Waals surface area contributed by atoms with Crippen molar-refractivity contribution in [2.24, 2.45) is 0 Å². The van der Waals surface area contributed by atoms with E-state index in [1.807, 2.05) is 0 Å². The maximum atomic E-state index is 12.2. The molecule has 114 valence electrons.